The first-order chi connectivity index (χ1) is 15.3. The highest BCUT2D eigenvalue weighted by molar-refractivity contribution is 5.98. The summed E-state index contributed by atoms with van der Waals surface area (Å²) in [5.74, 6) is 0.502. The fraction of sp³-hybridized carbons (Fsp3) is 0.409. The minimum absolute atomic E-state index is 0.105. The molecule has 10 nitrogen and oxygen atoms in total. The molecular weight excluding hydrogens is 412 g/mol. The molecule has 1 aliphatic rings. The van der Waals surface area contributed by atoms with E-state index in [2.05, 4.69) is 25.5 Å². The molecule has 2 aromatic rings. The number of aromatic nitrogens is 2. The molecule has 3 rings (SSSR count). The van der Waals surface area contributed by atoms with E-state index in [0.29, 0.717) is 17.8 Å². The second kappa shape index (κ2) is 12.4. The molecule has 0 unspecified atom stereocenters. The number of piperidine rings is 1. The minimum Gasteiger partial charge on any atom is -0.483 e. The third-order valence-corrected chi connectivity index (χ3v) is 4.90. The van der Waals surface area contributed by atoms with Crippen molar-refractivity contribution < 1.29 is 19.5 Å². The van der Waals surface area contributed by atoms with Crippen LogP contribution in [0, 0.1) is 6.92 Å². The number of carbonyl (C=O) groups is 3. The number of rotatable bonds is 6. The zero-order valence-electron chi connectivity index (χ0n) is 18.6. The molecule has 0 saturated carbocycles. The number of benzene rings is 1. The standard InChI is InChI=1S/C21H28N6O2.CH2O2/c1-15-5-6-16(13-18(15)25-19(28)14-26(2)3)20(29)24-17-7-11-27(12-8-17)21-22-9-4-10-23-21;2-1-3/h4-6,9-10,13,17H,7-8,11-12,14H2,1-3H3,(H,24,29)(H,25,28);1H,(H,2,3). The van der Waals surface area contributed by atoms with E-state index in [1.54, 1.807) is 35.5 Å². The Labute approximate surface area is 187 Å². The second-order valence-corrected chi connectivity index (χ2v) is 7.70. The lowest BCUT2D eigenvalue weighted by Crippen LogP contribution is -2.45. The third kappa shape index (κ3) is 7.62. The summed E-state index contributed by atoms with van der Waals surface area (Å²) >= 11 is 0. The van der Waals surface area contributed by atoms with Crippen molar-refractivity contribution in [2.24, 2.45) is 0 Å². The number of amides is 2. The summed E-state index contributed by atoms with van der Waals surface area (Å²) in [7, 11) is 3.68. The maximum atomic E-state index is 12.7. The molecule has 0 atom stereocenters. The molecule has 0 radical (unpaired) electrons. The Bertz CT molecular complexity index is 899. The van der Waals surface area contributed by atoms with Gasteiger partial charge in [-0.25, -0.2) is 9.97 Å². The van der Waals surface area contributed by atoms with E-state index in [9.17, 15) is 9.59 Å². The van der Waals surface area contributed by atoms with Gasteiger partial charge in [0.25, 0.3) is 12.4 Å². The number of hydrogen-bond acceptors (Lipinski definition) is 7. The molecule has 10 heteroatoms. The van der Waals surface area contributed by atoms with Gasteiger partial charge in [0.05, 0.1) is 6.54 Å². The number of anilines is 2. The quantitative estimate of drug-likeness (QED) is 0.573. The molecule has 32 heavy (non-hydrogen) atoms. The van der Waals surface area contributed by atoms with Gasteiger partial charge in [0, 0.05) is 42.8 Å². The van der Waals surface area contributed by atoms with Gasteiger partial charge in [-0.05, 0) is 57.6 Å². The summed E-state index contributed by atoms with van der Waals surface area (Å²) < 4.78 is 0. The van der Waals surface area contributed by atoms with Crippen LogP contribution < -0.4 is 15.5 Å². The SMILES string of the molecule is Cc1ccc(C(=O)NC2CCN(c3ncccn3)CC2)cc1NC(=O)CN(C)C.O=CO. The Kier molecular flexibility index (Phi) is 9.55. The molecule has 1 aromatic heterocycles. The van der Waals surface area contributed by atoms with Crippen molar-refractivity contribution in [1.29, 1.82) is 0 Å². The largest absolute Gasteiger partial charge is 0.483 e. The van der Waals surface area contributed by atoms with Crippen molar-refractivity contribution in [3.05, 3.63) is 47.8 Å². The summed E-state index contributed by atoms with van der Waals surface area (Å²) in [5, 5.41) is 12.9. The first-order valence-electron chi connectivity index (χ1n) is 10.3. The van der Waals surface area contributed by atoms with Gasteiger partial charge in [0.15, 0.2) is 0 Å². The lowest BCUT2D eigenvalue weighted by Gasteiger charge is -2.32. The highest BCUT2D eigenvalue weighted by Gasteiger charge is 2.22. The number of carboxylic acid groups (broad SMARTS) is 1. The molecule has 3 N–H and O–H groups in total. The summed E-state index contributed by atoms with van der Waals surface area (Å²) in [6.07, 6.45) is 5.15. The summed E-state index contributed by atoms with van der Waals surface area (Å²) in [4.78, 5) is 45.6. The van der Waals surface area contributed by atoms with Gasteiger partial charge < -0.3 is 25.5 Å². The first-order valence-corrected chi connectivity index (χ1v) is 10.3. The number of likely N-dealkylation sites (N-methyl/N-ethyl adjacent to an activating group) is 1. The van der Waals surface area contributed by atoms with Gasteiger partial charge in [0.1, 0.15) is 0 Å². The lowest BCUT2D eigenvalue weighted by molar-refractivity contribution is -0.123. The van der Waals surface area contributed by atoms with Gasteiger partial charge in [-0.1, -0.05) is 6.07 Å². The molecule has 0 bridgehead atoms. The van der Waals surface area contributed by atoms with Crippen LogP contribution in [0.4, 0.5) is 11.6 Å². The zero-order valence-corrected chi connectivity index (χ0v) is 18.6. The van der Waals surface area contributed by atoms with Gasteiger partial charge in [-0.2, -0.15) is 0 Å². The second-order valence-electron chi connectivity index (χ2n) is 7.70. The van der Waals surface area contributed by atoms with Crippen LogP contribution in [0.3, 0.4) is 0 Å². The smallest absolute Gasteiger partial charge is 0.290 e. The summed E-state index contributed by atoms with van der Waals surface area (Å²) in [5.41, 5.74) is 2.13. The Hall–Kier alpha value is -3.53. The van der Waals surface area contributed by atoms with Crippen molar-refractivity contribution in [2.75, 3.05) is 43.9 Å². The highest BCUT2D eigenvalue weighted by Crippen LogP contribution is 2.19. The average Bonchev–Trinajstić information content (AvgIpc) is 2.76. The van der Waals surface area contributed by atoms with Crippen molar-refractivity contribution in [3.8, 4) is 0 Å². The molecular formula is C22H30N6O4. The Morgan fingerprint density at radius 2 is 1.84 bits per heavy atom. The molecule has 1 fully saturated rings. The Balaban J connectivity index is 0.00000114. The number of nitrogens with one attached hydrogen (secondary N) is 2. The van der Waals surface area contributed by atoms with Gasteiger partial charge in [0.2, 0.25) is 11.9 Å². The van der Waals surface area contributed by atoms with Gasteiger partial charge >= 0.3 is 0 Å². The fourth-order valence-electron chi connectivity index (χ4n) is 3.32. The topological polar surface area (TPSA) is 128 Å². The fourth-order valence-corrected chi connectivity index (χ4v) is 3.32. The Morgan fingerprint density at radius 3 is 2.44 bits per heavy atom. The van der Waals surface area contributed by atoms with E-state index in [-0.39, 0.29) is 24.3 Å². The van der Waals surface area contributed by atoms with E-state index < -0.39 is 0 Å². The van der Waals surface area contributed by atoms with Crippen molar-refractivity contribution in [1.82, 2.24) is 20.2 Å². The number of carbonyl (C=O) groups excluding carboxylic acids is 2. The maximum absolute atomic E-state index is 12.7. The zero-order chi connectivity index (χ0) is 23.5. The van der Waals surface area contributed by atoms with Crippen LogP contribution in [-0.4, -0.2) is 78.0 Å². The highest BCUT2D eigenvalue weighted by atomic mass is 16.3. The van der Waals surface area contributed by atoms with Gasteiger partial charge in [-0.3, -0.25) is 14.4 Å². The van der Waals surface area contributed by atoms with Crippen LogP contribution in [0.5, 0.6) is 0 Å². The maximum Gasteiger partial charge on any atom is 0.290 e. The molecule has 172 valence electrons. The number of aryl methyl sites for hydroxylation is 1. The van der Waals surface area contributed by atoms with E-state index in [4.69, 9.17) is 9.90 Å². The predicted molar refractivity (Wildman–Crippen MR) is 122 cm³/mol. The predicted octanol–water partition coefficient (Wildman–Crippen LogP) is 1.38. The molecule has 1 saturated heterocycles. The molecule has 0 aliphatic carbocycles. The van der Waals surface area contributed by atoms with E-state index in [1.807, 2.05) is 27.1 Å². The van der Waals surface area contributed by atoms with Crippen molar-refractivity contribution in [3.63, 3.8) is 0 Å². The molecule has 1 aromatic carbocycles. The minimum atomic E-state index is -0.250. The van der Waals surface area contributed by atoms with Crippen LogP contribution in [-0.2, 0) is 9.59 Å². The lowest BCUT2D eigenvalue weighted by atomic mass is 10.0. The van der Waals surface area contributed by atoms with E-state index >= 15 is 0 Å². The van der Waals surface area contributed by atoms with Crippen LogP contribution in [0.2, 0.25) is 0 Å². The van der Waals surface area contributed by atoms with E-state index in [0.717, 1.165) is 37.4 Å². The molecule has 2 heterocycles. The third-order valence-electron chi connectivity index (χ3n) is 4.90. The van der Waals surface area contributed by atoms with Gasteiger partial charge in [-0.15, -0.1) is 0 Å². The van der Waals surface area contributed by atoms with Crippen molar-refractivity contribution in [2.45, 2.75) is 25.8 Å². The summed E-state index contributed by atoms with van der Waals surface area (Å²) in [6.45, 7) is 3.55. The summed E-state index contributed by atoms with van der Waals surface area (Å²) in [6, 6.07) is 7.30. The van der Waals surface area contributed by atoms with Crippen LogP contribution in [0.15, 0.2) is 36.7 Å². The average molecular weight is 443 g/mol. The number of hydrogen-bond donors (Lipinski definition) is 3. The molecule has 2 amide bonds. The van der Waals surface area contributed by atoms with Crippen LogP contribution in [0.1, 0.15) is 28.8 Å². The molecule has 1 aliphatic heterocycles. The number of nitrogens with zero attached hydrogens (tertiary/aromatic N) is 4. The normalized spacial score (nSPS) is 13.7. The first kappa shape index (κ1) is 24.7. The van der Waals surface area contributed by atoms with Crippen LogP contribution in [0.25, 0.3) is 0 Å². The Morgan fingerprint density at radius 1 is 1.22 bits per heavy atom. The molecule has 0 spiro atoms. The van der Waals surface area contributed by atoms with Crippen LogP contribution >= 0.6 is 0 Å². The monoisotopic (exact) mass is 442 g/mol. The van der Waals surface area contributed by atoms with E-state index in [1.165, 1.54) is 0 Å². The van der Waals surface area contributed by atoms with Crippen molar-refractivity contribution >= 4 is 29.9 Å².